The molecule has 0 radical (unpaired) electrons. The molecular weight excluding hydrogens is 212 g/mol. The first-order valence-electron chi connectivity index (χ1n) is 6.03. The largest absolute Gasteiger partial charge is 0.382 e. The standard InChI is InChI=1S/C13H16N4/c1-10-13(15-7-11-4-5-11)9-17(16-10)12-3-2-6-14-8-12/h2-3,6,8-9,11,15H,4-5,7H2,1H3. The molecule has 1 aliphatic rings. The molecule has 2 aromatic heterocycles. The maximum atomic E-state index is 4.49. The third-order valence-electron chi connectivity index (χ3n) is 3.09. The third-order valence-corrected chi connectivity index (χ3v) is 3.09. The number of anilines is 1. The molecule has 0 spiro atoms. The second kappa shape index (κ2) is 4.20. The van der Waals surface area contributed by atoms with E-state index in [1.807, 2.05) is 36.1 Å². The smallest absolute Gasteiger partial charge is 0.0829 e. The summed E-state index contributed by atoms with van der Waals surface area (Å²) in [5.41, 5.74) is 3.16. The summed E-state index contributed by atoms with van der Waals surface area (Å²) in [5.74, 6) is 0.871. The highest BCUT2D eigenvalue weighted by Crippen LogP contribution is 2.29. The van der Waals surface area contributed by atoms with E-state index in [-0.39, 0.29) is 0 Å². The fraction of sp³-hybridized carbons (Fsp3) is 0.385. The first-order chi connectivity index (χ1) is 8.33. The number of pyridine rings is 1. The highest BCUT2D eigenvalue weighted by atomic mass is 15.3. The van der Waals surface area contributed by atoms with Crippen molar-refractivity contribution >= 4 is 5.69 Å². The molecule has 0 amide bonds. The number of nitrogens with one attached hydrogen (secondary N) is 1. The van der Waals surface area contributed by atoms with Crippen LogP contribution in [-0.2, 0) is 0 Å². The van der Waals surface area contributed by atoms with E-state index in [2.05, 4.69) is 15.4 Å². The average Bonchev–Trinajstić information content (AvgIpc) is 3.12. The van der Waals surface area contributed by atoms with Gasteiger partial charge in [0.05, 0.1) is 29.5 Å². The number of aromatic nitrogens is 3. The minimum absolute atomic E-state index is 0.871. The van der Waals surface area contributed by atoms with Crippen molar-refractivity contribution < 1.29 is 0 Å². The van der Waals surface area contributed by atoms with Crippen molar-refractivity contribution in [3.8, 4) is 5.69 Å². The Labute approximate surface area is 101 Å². The second-order valence-electron chi connectivity index (χ2n) is 4.61. The van der Waals surface area contributed by atoms with Gasteiger partial charge in [-0.3, -0.25) is 4.98 Å². The van der Waals surface area contributed by atoms with Gasteiger partial charge in [-0.2, -0.15) is 5.10 Å². The normalized spacial score (nSPS) is 14.9. The van der Waals surface area contributed by atoms with E-state index in [1.54, 1.807) is 6.20 Å². The van der Waals surface area contributed by atoms with E-state index in [0.717, 1.165) is 29.5 Å². The summed E-state index contributed by atoms with van der Waals surface area (Å²) in [7, 11) is 0. The van der Waals surface area contributed by atoms with Gasteiger partial charge in [0.2, 0.25) is 0 Å². The zero-order valence-electron chi connectivity index (χ0n) is 9.93. The van der Waals surface area contributed by atoms with Crippen molar-refractivity contribution in [2.45, 2.75) is 19.8 Å². The van der Waals surface area contributed by atoms with Gasteiger partial charge >= 0.3 is 0 Å². The SMILES string of the molecule is Cc1nn(-c2cccnc2)cc1NCC1CC1. The van der Waals surface area contributed by atoms with Gasteiger partial charge < -0.3 is 5.32 Å². The average molecular weight is 228 g/mol. The Morgan fingerprint density at radius 3 is 3.06 bits per heavy atom. The van der Waals surface area contributed by atoms with Crippen LogP contribution in [0.4, 0.5) is 5.69 Å². The minimum Gasteiger partial charge on any atom is -0.382 e. The van der Waals surface area contributed by atoms with Crippen LogP contribution >= 0.6 is 0 Å². The molecule has 3 rings (SSSR count). The second-order valence-corrected chi connectivity index (χ2v) is 4.61. The van der Waals surface area contributed by atoms with Gasteiger partial charge in [0.25, 0.3) is 0 Å². The van der Waals surface area contributed by atoms with Crippen LogP contribution in [-0.4, -0.2) is 21.3 Å². The molecule has 1 aliphatic carbocycles. The molecule has 0 unspecified atom stereocenters. The van der Waals surface area contributed by atoms with Crippen LogP contribution in [0.25, 0.3) is 5.69 Å². The summed E-state index contributed by atoms with van der Waals surface area (Å²) in [6.45, 7) is 3.10. The van der Waals surface area contributed by atoms with Gasteiger partial charge in [-0.25, -0.2) is 4.68 Å². The van der Waals surface area contributed by atoms with Crippen molar-refractivity contribution in [2.75, 3.05) is 11.9 Å². The molecule has 0 bridgehead atoms. The zero-order chi connectivity index (χ0) is 11.7. The van der Waals surface area contributed by atoms with E-state index in [0.29, 0.717) is 0 Å². The molecule has 88 valence electrons. The maximum Gasteiger partial charge on any atom is 0.0829 e. The first kappa shape index (κ1) is 10.3. The first-order valence-corrected chi connectivity index (χ1v) is 6.03. The number of nitrogens with zero attached hydrogens (tertiary/aromatic N) is 3. The molecule has 4 nitrogen and oxygen atoms in total. The van der Waals surface area contributed by atoms with Crippen LogP contribution in [0, 0.1) is 12.8 Å². The summed E-state index contributed by atoms with van der Waals surface area (Å²) in [4.78, 5) is 4.10. The summed E-state index contributed by atoms with van der Waals surface area (Å²) < 4.78 is 1.87. The highest BCUT2D eigenvalue weighted by molar-refractivity contribution is 5.48. The quantitative estimate of drug-likeness (QED) is 0.873. The number of aryl methyl sites for hydroxylation is 1. The Morgan fingerprint density at radius 2 is 2.35 bits per heavy atom. The molecule has 2 aromatic rings. The number of rotatable bonds is 4. The monoisotopic (exact) mass is 228 g/mol. The lowest BCUT2D eigenvalue weighted by Crippen LogP contribution is -2.03. The van der Waals surface area contributed by atoms with Crippen LogP contribution in [0.1, 0.15) is 18.5 Å². The molecule has 1 saturated carbocycles. The van der Waals surface area contributed by atoms with E-state index in [1.165, 1.54) is 12.8 Å². The van der Waals surface area contributed by atoms with Gasteiger partial charge in [-0.1, -0.05) is 0 Å². The van der Waals surface area contributed by atoms with Crippen LogP contribution in [0.15, 0.2) is 30.7 Å². The molecule has 0 saturated heterocycles. The van der Waals surface area contributed by atoms with Crippen molar-refractivity contribution in [1.82, 2.24) is 14.8 Å². The molecule has 1 fully saturated rings. The molecule has 17 heavy (non-hydrogen) atoms. The molecule has 4 heteroatoms. The zero-order valence-corrected chi connectivity index (χ0v) is 9.93. The van der Waals surface area contributed by atoms with E-state index in [4.69, 9.17) is 0 Å². The van der Waals surface area contributed by atoms with Gasteiger partial charge in [0, 0.05) is 12.7 Å². The Balaban J connectivity index is 1.79. The summed E-state index contributed by atoms with van der Waals surface area (Å²) in [6.07, 6.45) is 8.35. The number of hydrogen-bond donors (Lipinski definition) is 1. The van der Waals surface area contributed by atoms with E-state index >= 15 is 0 Å². The Kier molecular flexibility index (Phi) is 2.55. The lowest BCUT2D eigenvalue weighted by Gasteiger charge is -2.01. The lowest BCUT2D eigenvalue weighted by molar-refractivity contribution is 0.857. The molecule has 0 aliphatic heterocycles. The van der Waals surface area contributed by atoms with Crippen LogP contribution in [0.3, 0.4) is 0 Å². The Morgan fingerprint density at radius 1 is 1.47 bits per heavy atom. The number of hydrogen-bond acceptors (Lipinski definition) is 3. The van der Waals surface area contributed by atoms with Gasteiger partial charge in [0.15, 0.2) is 0 Å². The predicted octanol–water partition coefficient (Wildman–Crippen LogP) is 2.40. The molecule has 2 heterocycles. The molecule has 1 N–H and O–H groups in total. The van der Waals surface area contributed by atoms with Crippen LogP contribution < -0.4 is 5.32 Å². The van der Waals surface area contributed by atoms with Crippen molar-refractivity contribution in [2.24, 2.45) is 5.92 Å². The topological polar surface area (TPSA) is 42.7 Å². The van der Waals surface area contributed by atoms with Crippen molar-refractivity contribution in [3.05, 3.63) is 36.4 Å². The summed E-state index contributed by atoms with van der Waals surface area (Å²) in [5, 5.41) is 7.95. The fourth-order valence-corrected chi connectivity index (χ4v) is 1.83. The summed E-state index contributed by atoms with van der Waals surface area (Å²) >= 11 is 0. The maximum absolute atomic E-state index is 4.49. The van der Waals surface area contributed by atoms with Gasteiger partial charge in [0.1, 0.15) is 0 Å². The highest BCUT2D eigenvalue weighted by Gasteiger charge is 2.21. The minimum atomic E-state index is 0.871. The molecule has 0 aromatic carbocycles. The lowest BCUT2D eigenvalue weighted by atomic mass is 10.3. The Hall–Kier alpha value is -1.84. The van der Waals surface area contributed by atoms with Gasteiger partial charge in [-0.05, 0) is 37.8 Å². The Bertz CT molecular complexity index is 499. The fourth-order valence-electron chi connectivity index (χ4n) is 1.83. The summed E-state index contributed by atoms with van der Waals surface area (Å²) in [6, 6.07) is 3.92. The predicted molar refractivity (Wildman–Crippen MR) is 67.3 cm³/mol. The van der Waals surface area contributed by atoms with Crippen molar-refractivity contribution in [3.63, 3.8) is 0 Å². The van der Waals surface area contributed by atoms with E-state index < -0.39 is 0 Å². The third kappa shape index (κ3) is 2.30. The molecule has 0 atom stereocenters. The van der Waals surface area contributed by atoms with Crippen LogP contribution in [0.2, 0.25) is 0 Å². The van der Waals surface area contributed by atoms with E-state index in [9.17, 15) is 0 Å². The molecular formula is C13H16N4. The van der Waals surface area contributed by atoms with Crippen LogP contribution in [0.5, 0.6) is 0 Å². The van der Waals surface area contributed by atoms with Crippen molar-refractivity contribution in [1.29, 1.82) is 0 Å². The van der Waals surface area contributed by atoms with Gasteiger partial charge in [-0.15, -0.1) is 0 Å².